The molecular formula is C21H20O10. The Balaban J connectivity index is 1.96. The highest BCUT2D eigenvalue weighted by Gasteiger charge is 2.46. The lowest BCUT2D eigenvalue weighted by Gasteiger charge is -2.40. The SMILES string of the molecule is O=c1cc(-c2ccc(O)cc2)oc2c(C3O[C@H](CO)[C@H](O)[C@H](O)[C@@H]3O)c(O)cc(O)c12. The fourth-order valence-corrected chi connectivity index (χ4v) is 3.70. The Morgan fingerprint density at radius 2 is 1.55 bits per heavy atom. The van der Waals surface area contributed by atoms with E-state index < -0.39 is 54.1 Å². The molecule has 0 spiro atoms. The molecule has 31 heavy (non-hydrogen) atoms. The summed E-state index contributed by atoms with van der Waals surface area (Å²) in [6.45, 7) is -0.694. The molecule has 1 aliphatic rings. The zero-order chi connectivity index (χ0) is 22.4. The van der Waals surface area contributed by atoms with Crippen molar-refractivity contribution >= 4 is 11.0 Å². The second-order valence-electron chi connectivity index (χ2n) is 7.30. The largest absolute Gasteiger partial charge is 0.508 e. The van der Waals surface area contributed by atoms with Gasteiger partial charge in [0, 0.05) is 17.7 Å². The normalized spacial score (nSPS) is 26.3. The minimum Gasteiger partial charge on any atom is -0.508 e. The number of hydrogen-bond donors (Lipinski definition) is 7. The first-order valence-electron chi connectivity index (χ1n) is 9.35. The highest BCUT2D eigenvalue weighted by atomic mass is 16.5. The number of phenolic OH excluding ortho intramolecular Hbond substituents is 3. The van der Waals surface area contributed by atoms with Crippen LogP contribution in [0.5, 0.6) is 17.2 Å². The minimum atomic E-state index is -1.75. The third-order valence-electron chi connectivity index (χ3n) is 5.33. The summed E-state index contributed by atoms with van der Waals surface area (Å²) in [7, 11) is 0. The number of aliphatic hydroxyl groups is 4. The van der Waals surface area contributed by atoms with Crippen LogP contribution in [0.1, 0.15) is 11.7 Å². The van der Waals surface area contributed by atoms with Crippen LogP contribution in [0, 0.1) is 0 Å². The smallest absolute Gasteiger partial charge is 0.197 e. The second-order valence-corrected chi connectivity index (χ2v) is 7.30. The van der Waals surface area contributed by atoms with Crippen LogP contribution in [0.15, 0.2) is 45.6 Å². The molecule has 1 aromatic heterocycles. The van der Waals surface area contributed by atoms with Crippen molar-refractivity contribution in [2.24, 2.45) is 0 Å². The van der Waals surface area contributed by atoms with Crippen LogP contribution < -0.4 is 5.43 Å². The number of rotatable bonds is 3. The summed E-state index contributed by atoms with van der Waals surface area (Å²) in [5.41, 5.74) is -0.813. The zero-order valence-corrected chi connectivity index (χ0v) is 15.9. The molecule has 0 aliphatic carbocycles. The number of aliphatic hydroxyl groups excluding tert-OH is 4. The Labute approximate surface area is 174 Å². The molecule has 1 saturated heterocycles. The molecule has 3 aromatic rings. The summed E-state index contributed by atoms with van der Waals surface area (Å²) < 4.78 is 11.3. The van der Waals surface area contributed by atoms with Crippen molar-refractivity contribution in [1.29, 1.82) is 0 Å². The van der Waals surface area contributed by atoms with Gasteiger partial charge in [-0.2, -0.15) is 0 Å². The van der Waals surface area contributed by atoms with Crippen molar-refractivity contribution in [3.8, 4) is 28.6 Å². The Hall–Kier alpha value is -3.15. The summed E-state index contributed by atoms with van der Waals surface area (Å²) in [5, 5.41) is 70.0. The molecule has 0 amide bonds. The third-order valence-corrected chi connectivity index (χ3v) is 5.33. The Morgan fingerprint density at radius 3 is 2.19 bits per heavy atom. The Morgan fingerprint density at radius 1 is 0.871 bits per heavy atom. The van der Waals surface area contributed by atoms with Gasteiger partial charge in [-0.15, -0.1) is 0 Å². The molecule has 1 fully saturated rings. The van der Waals surface area contributed by atoms with Crippen LogP contribution in [0.4, 0.5) is 0 Å². The van der Waals surface area contributed by atoms with E-state index in [4.69, 9.17) is 9.15 Å². The van der Waals surface area contributed by atoms with Crippen LogP contribution >= 0.6 is 0 Å². The van der Waals surface area contributed by atoms with Gasteiger partial charge in [-0.3, -0.25) is 4.79 Å². The molecule has 164 valence electrons. The van der Waals surface area contributed by atoms with Crippen LogP contribution in [0.25, 0.3) is 22.3 Å². The molecule has 10 nitrogen and oxygen atoms in total. The van der Waals surface area contributed by atoms with Crippen LogP contribution in [0.3, 0.4) is 0 Å². The quantitative estimate of drug-likeness (QED) is 0.300. The molecule has 1 aliphatic heterocycles. The number of hydrogen-bond acceptors (Lipinski definition) is 10. The van der Waals surface area contributed by atoms with Gasteiger partial charge in [-0.05, 0) is 24.3 Å². The molecule has 5 atom stereocenters. The summed E-state index contributed by atoms with van der Waals surface area (Å²) >= 11 is 0. The number of ether oxygens (including phenoxy) is 1. The predicted octanol–water partition coefficient (Wildman–Crippen LogP) is 0.0917. The van der Waals surface area contributed by atoms with E-state index in [1.807, 2.05) is 0 Å². The molecule has 2 heterocycles. The first-order valence-corrected chi connectivity index (χ1v) is 9.35. The molecule has 0 saturated carbocycles. The Kier molecular flexibility index (Phi) is 5.33. The molecule has 0 radical (unpaired) electrons. The maximum Gasteiger partial charge on any atom is 0.197 e. The molecule has 1 unspecified atom stereocenters. The zero-order valence-electron chi connectivity index (χ0n) is 15.9. The third kappa shape index (κ3) is 3.50. The predicted molar refractivity (Wildman–Crippen MR) is 106 cm³/mol. The van der Waals surface area contributed by atoms with E-state index in [-0.39, 0.29) is 28.0 Å². The minimum absolute atomic E-state index is 0.0100. The molecule has 7 N–H and O–H groups in total. The topological polar surface area (TPSA) is 181 Å². The van der Waals surface area contributed by atoms with E-state index in [0.29, 0.717) is 5.56 Å². The Bertz CT molecular complexity index is 1170. The average molecular weight is 432 g/mol. The first kappa shape index (κ1) is 21.1. The van der Waals surface area contributed by atoms with Gasteiger partial charge in [-0.25, -0.2) is 0 Å². The van der Waals surface area contributed by atoms with Gasteiger partial charge < -0.3 is 44.9 Å². The number of phenols is 3. The lowest BCUT2D eigenvalue weighted by Crippen LogP contribution is -2.55. The van der Waals surface area contributed by atoms with Crippen LogP contribution in [0.2, 0.25) is 0 Å². The van der Waals surface area contributed by atoms with Gasteiger partial charge >= 0.3 is 0 Å². The summed E-state index contributed by atoms with van der Waals surface area (Å²) in [6.07, 6.45) is -7.87. The highest BCUT2D eigenvalue weighted by Crippen LogP contribution is 2.43. The maximum absolute atomic E-state index is 12.7. The molecule has 10 heteroatoms. The fourth-order valence-electron chi connectivity index (χ4n) is 3.70. The average Bonchev–Trinajstić information content (AvgIpc) is 2.73. The highest BCUT2D eigenvalue weighted by molar-refractivity contribution is 5.89. The standard InChI is InChI=1S/C21H20O10/c22-7-14-17(27)18(28)19(29)21(31-14)16-11(25)5-10(24)15-12(26)6-13(30-20(15)16)8-1-3-9(23)4-2-8/h1-6,14,17-19,21-25,27-29H,7H2/t14-,17+,18+,19+,21?/m1/s1. The van der Waals surface area contributed by atoms with Gasteiger partial charge in [0.05, 0.1) is 12.2 Å². The van der Waals surface area contributed by atoms with Crippen LogP contribution in [-0.2, 0) is 4.74 Å². The number of fused-ring (bicyclic) bond motifs is 1. The van der Waals surface area contributed by atoms with E-state index >= 15 is 0 Å². The monoisotopic (exact) mass is 432 g/mol. The first-order chi connectivity index (χ1) is 14.7. The second kappa shape index (κ2) is 7.84. The van der Waals surface area contributed by atoms with E-state index in [1.54, 1.807) is 0 Å². The molecule has 0 bridgehead atoms. The summed E-state index contributed by atoms with van der Waals surface area (Å²) in [4.78, 5) is 12.7. The van der Waals surface area contributed by atoms with E-state index in [0.717, 1.165) is 12.1 Å². The fraction of sp³-hybridized carbons (Fsp3) is 0.286. The van der Waals surface area contributed by atoms with Crippen molar-refractivity contribution < 1.29 is 44.9 Å². The lowest BCUT2D eigenvalue weighted by atomic mass is 9.89. The van der Waals surface area contributed by atoms with Crippen molar-refractivity contribution in [2.75, 3.05) is 6.61 Å². The maximum atomic E-state index is 12.7. The molecule has 2 aromatic carbocycles. The number of aromatic hydroxyl groups is 3. The van der Waals surface area contributed by atoms with Gasteiger partial charge in [0.25, 0.3) is 0 Å². The van der Waals surface area contributed by atoms with E-state index in [9.17, 15) is 40.5 Å². The lowest BCUT2D eigenvalue weighted by molar-refractivity contribution is -0.231. The van der Waals surface area contributed by atoms with Crippen LogP contribution in [-0.4, -0.2) is 66.8 Å². The van der Waals surface area contributed by atoms with Gasteiger partial charge in [0.15, 0.2) is 11.0 Å². The van der Waals surface area contributed by atoms with Gasteiger partial charge in [-0.1, -0.05) is 0 Å². The van der Waals surface area contributed by atoms with E-state index in [2.05, 4.69) is 0 Å². The molecule has 4 rings (SSSR count). The van der Waals surface area contributed by atoms with Crippen molar-refractivity contribution in [3.05, 3.63) is 52.2 Å². The van der Waals surface area contributed by atoms with Gasteiger partial charge in [0.2, 0.25) is 0 Å². The number of benzene rings is 2. The van der Waals surface area contributed by atoms with Crippen molar-refractivity contribution in [1.82, 2.24) is 0 Å². The van der Waals surface area contributed by atoms with Crippen molar-refractivity contribution in [2.45, 2.75) is 30.5 Å². The van der Waals surface area contributed by atoms with E-state index in [1.165, 1.54) is 24.3 Å². The summed E-state index contributed by atoms with van der Waals surface area (Å²) in [5.74, 6) is -1.15. The van der Waals surface area contributed by atoms with Gasteiger partial charge in [0.1, 0.15) is 58.9 Å². The molecular weight excluding hydrogens is 412 g/mol. The van der Waals surface area contributed by atoms with Crippen molar-refractivity contribution in [3.63, 3.8) is 0 Å². The summed E-state index contributed by atoms with van der Waals surface area (Å²) in [6, 6.07) is 7.69.